The second kappa shape index (κ2) is 16.8. The van der Waals surface area contributed by atoms with E-state index < -0.39 is 6.29 Å². The van der Waals surface area contributed by atoms with Crippen molar-refractivity contribution in [3.8, 4) is 11.5 Å². The van der Waals surface area contributed by atoms with Crippen LogP contribution in [0.3, 0.4) is 0 Å². The van der Waals surface area contributed by atoms with Gasteiger partial charge in [-0.15, -0.1) is 0 Å². The quantitative estimate of drug-likeness (QED) is 0.143. The number of anilines is 1. The lowest BCUT2D eigenvalue weighted by molar-refractivity contribution is -0.117. The summed E-state index contributed by atoms with van der Waals surface area (Å²) < 4.78 is 5.53. The number of nitrogens with zero attached hydrogens (tertiary/aromatic N) is 1. The third-order valence-corrected chi connectivity index (χ3v) is 6.20. The Hall–Kier alpha value is -2.79. The van der Waals surface area contributed by atoms with Crippen molar-refractivity contribution in [3.63, 3.8) is 0 Å². The van der Waals surface area contributed by atoms with E-state index in [9.17, 15) is 15.0 Å². The van der Waals surface area contributed by atoms with E-state index >= 15 is 0 Å². The smallest absolute Gasteiger partial charge is 0.230 e. The first-order valence-corrected chi connectivity index (χ1v) is 13.2. The number of amides is 1. The Balaban J connectivity index is 1.60. The summed E-state index contributed by atoms with van der Waals surface area (Å²) in [5.74, 6) is 0.624. The van der Waals surface area contributed by atoms with E-state index in [2.05, 4.69) is 19.1 Å². The van der Waals surface area contributed by atoms with Crippen LogP contribution in [0.1, 0.15) is 83.1 Å². The topological polar surface area (TPSA) is 70.0 Å². The van der Waals surface area contributed by atoms with Crippen LogP contribution in [-0.2, 0) is 11.2 Å². The van der Waals surface area contributed by atoms with Crippen molar-refractivity contribution < 1.29 is 19.7 Å². The van der Waals surface area contributed by atoms with E-state index in [4.69, 9.17) is 4.74 Å². The summed E-state index contributed by atoms with van der Waals surface area (Å²) in [6, 6.07) is 14.3. The number of carbonyl (C=O) groups is 1. The van der Waals surface area contributed by atoms with Gasteiger partial charge in [-0.1, -0.05) is 82.9 Å². The Morgan fingerprint density at radius 1 is 0.886 bits per heavy atom. The van der Waals surface area contributed by atoms with Crippen LogP contribution in [-0.4, -0.2) is 29.5 Å². The minimum absolute atomic E-state index is 0.129. The number of aliphatic hydroxyl groups is 1. The van der Waals surface area contributed by atoms with Crippen molar-refractivity contribution in [1.29, 1.82) is 0 Å². The number of ether oxygens (including phenoxy) is 1. The highest BCUT2D eigenvalue weighted by Gasteiger charge is 2.10. The molecule has 0 aliphatic carbocycles. The molecule has 0 aliphatic rings. The van der Waals surface area contributed by atoms with Gasteiger partial charge >= 0.3 is 0 Å². The molecular formula is C30H43NO4. The molecule has 2 rings (SSSR count). The lowest BCUT2D eigenvalue weighted by Gasteiger charge is -2.16. The number of phenols is 1. The van der Waals surface area contributed by atoms with Gasteiger partial charge in [0.1, 0.15) is 11.5 Å². The number of rotatable bonds is 17. The second-order valence-electron chi connectivity index (χ2n) is 9.19. The van der Waals surface area contributed by atoms with E-state index in [-0.39, 0.29) is 18.1 Å². The summed E-state index contributed by atoms with van der Waals surface area (Å²) in [6.45, 7) is 2.26. The van der Waals surface area contributed by atoms with Crippen molar-refractivity contribution >= 4 is 11.6 Å². The van der Waals surface area contributed by atoms with Gasteiger partial charge in [-0.3, -0.25) is 4.79 Å². The molecule has 0 radical (unpaired) electrons. The largest absolute Gasteiger partial charge is 0.508 e. The van der Waals surface area contributed by atoms with Gasteiger partial charge in [-0.25, -0.2) is 0 Å². The number of benzene rings is 2. The Kier molecular flexibility index (Phi) is 13.6. The minimum Gasteiger partial charge on any atom is -0.508 e. The molecule has 0 fully saturated rings. The van der Waals surface area contributed by atoms with Gasteiger partial charge in [-0.2, -0.15) is 0 Å². The monoisotopic (exact) mass is 481 g/mol. The number of aliphatic hydroxyl groups excluding tert-OH is 1. The average Bonchev–Trinajstić information content (AvgIpc) is 2.86. The van der Waals surface area contributed by atoms with Crippen LogP contribution in [0, 0.1) is 0 Å². The maximum Gasteiger partial charge on any atom is 0.230 e. The SMILES string of the molecule is CCCCCCCCCCCCc1ccc(OC(O)C=CCC(=O)N(C)c2ccc(O)cc2)cc1. The lowest BCUT2D eigenvalue weighted by atomic mass is 10.0. The summed E-state index contributed by atoms with van der Waals surface area (Å²) in [6.07, 6.45) is 16.5. The molecule has 0 spiro atoms. The van der Waals surface area contributed by atoms with Crippen LogP contribution >= 0.6 is 0 Å². The van der Waals surface area contributed by atoms with E-state index in [0.29, 0.717) is 11.4 Å². The molecule has 5 heteroatoms. The molecule has 2 aromatic carbocycles. The van der Waals surface area contributed by atoms with Crippen molar-refractivity contribution in [2.24, 2.45) is 0 Å². The highest BCUT2D eigenvalue weighted by atomic mass is 16.6. The molecule has 1 amide bonds. The molecule has 5 nitrogen and oxygen atoms in total. The first-order chi connectivity index (χ1) is 17.0. The Morgan fingerprint density at radius 2 is 1.46 bits per heavy atom. The van der Waals surface area contributed by atoms with Gasteiger partial charge in [0, 0.05) is 19.2 Å². The van der Waals surface area contributed by atoms with Crippen molar-refractivity contribution in [1.82, 2.24) is 0 Å². The molecule has 0 aliphatic heterocycles. The van der Waals surface area contributed by atoms with Gasteiger partial charge in [0.25, 0.3) is 0 Å². The highest BCUT2D eigenvalue weighted by molar-refractivity contribution is 5.93. The molecular weight excluding hydrogens is 438 g/mol. The lowest BCUT2D eigenvalue weighted by Crippen LogP contribution is -2.25. The predicted octanol–water partition coefficient (Wildman–Crippen LogP) is 7.16. The number of aryl methyl sites for hydroxylation is 1. The molecule has 1 unspecified atom stereocenters. The minimum atomic E-state index is -1.12. The number of hydrogen-bond acceptors (Lipinski definition) is 4. The van der Waals surface area contributed by atoms with Gasteiger partial charge in [0.15, 0.2) is 0 Å². The zero-order chi connectivity index (χ0) is 25.3. The fourth-order valence-corrected chi connectivity index (χ4v) is 3.97. The molecule has 0 bridgehead atoms. The van der Waals surface area contributed by atoms with Gasteiger partial charge < -0.3 is 19.8 Å². The van der Waals surface area contributed by atoms with Crippen LogP contribution < -0.4 is 9.64 Å². The van der Waals surface area contributed by atoms with Gasteiger partial charge in [0.2, 0.25) is 12.2 Å². The summed E-state index contributed by atoms with van der Waals surface area (Å²) >= 11 is 0. The van der Waals surface area contributed by atoms with Crippen LogP contribution in [0.2, 0.25) is 0 Å². The normalized spacial score (nSPS) is 12.1. The first-order valence-electron chi connectivity index (χ1n) is 13.2. The molecule has 0 aromatic heterocycles. The molecule has 0 saturated carbocycles. The first kappa shape index (κ1) is 28.4. The van der Waals surface area contributed by atoms with Gasteiger partial charge in [-0.05, 0) is 60.9 Å². The van der Waals surface area contributed by atoms with Crippen LogP contribution in [0.25, 0.3) is 0 Å². The third-order valence-electron chi connectivity index (χ3n) is 6.20. The zero-order valence-corrected chi connectivity index (χ0v) is 21.5. The van der Waals surface area contributed by atoms with Crippen LogP contribution in [0.4, 0.5) is 5.69 Å². The fourth-order valence-electron chi connectivity index (χ4n) is 3.97. The van der Waals surface area contributed by atoms with Gasteiger partial charge in [0.05, 0.1) is 0 Å². The second-order valence-corrected chi connectivity index (χ2v) is 9.19. The predicted molar refractivity (Wildman–Crippen MR) is 144 cm³/mol. The highest BCUT2D eigenvalue weighted by Crippen LogP contribution is 2.19. The Labute approximate surface area is 211 Å². The number of phenolic OH excluding ortho intramolecular Hbond substituents is 1. The van der Waals surface area contributed by atoms with E-state index in [1.54, 1.807) is 25.3 Å². The molecule has 1 atom stereocenters. The van der Waals surface area contributed by atoms with E-state index in [1.807, 2.05) is 12.1 Å². The maximum atomic E-state index is 12.3. The summed E-state index contributed by atoms with van der Waals surface area (Å²) in [5, 5.41) is 19.5. The van der Waals surface area contributed by atoms with Crippen molar-refractivity contribution in [2.75, 3.05) is 11.9 Å². The average molecular weight is 482 g/mol. The van der Waals surface area contributed by atoms with Crippen LogP contribution in [0.15, 0.2) is 60.7 Å². The molecule has 2 aromatic rings. The van der Waals surface area contributed by atoms with Crippen LogP contribution in [0.5, 0.6) is 11.5 Å². The summed E-state index contributed by atoms with van der Waals surface area (Å²) in [7, 11) is 1.67. The molecule has 2 N–H and O–H groups in total. The zero-order valence-electron chi connectivity index (χ0n) is 21.5. The molecule has 192 valence electrons. The molecule has 0 heterocycles. The Morgan fingerprint density at radius 3 is 2.06 bits per heavy atom. The fraction of sp³-hybridized carbons (Fsp3) is 0.500. The number of hydrogen-bond donors (Lipinski definition) is 2. The number of aromatic hydroxyl groups is 1. The summed E-state index contributed by atoms with van der Waals surface area (Å²) in [5.41, 5.74) is 1.97. The standard InChI is InChI=1S/C30H43NO4/c1-3-4-5-6-7-8-9-10-11-12-14-25-17-23-28(24-18-25)35-30(34)16-13-15-29(33)31(2)26-19-21-27(32)22-20-26/h13,16-24,30,32,34H,3-12,14-15H2,1-2H3. The summed E-state index contributed by atoms with van der Waals surface area (Å²) in [4.78, 5) is 13.8. The van der Waals surface area contributed by atoms with E-state index in [0.717, 1.165) is 6.42 Å². The molecule has 35 heavy (non-hydrogen) atoms. The number of carbonyl (C=O) groups excluding carboxylic acids is 1. The van der Waals surface area contributed by atoms with Crippen molar-refractivity contribution in [3.05, 3.63) is 66.2 Å². The Bertz CT molecular complexity index is 861. The maximum absolute atomic E-state index is 12.3. The number of unbranched alkanes of at least 4 members (excludes halogenated alkanes) is 9. The molecule has 0 saturated heterocycles. The van der Waals surface area contributed by atoms with Crippen molar-refractivity contribution in [2.45, 2.75) is 90.3 Å². The van der Waals surface area contributed by atoms with E-state index in [1.165, 1.54) is 92.9 Å². The third kappa shape index (κ3) is 11.9.